The summed E-state index contributed by atoms with van der Waals surface area (Å²) in [5.41, 5.74) is 1.24. The van der Waals surface area contributed by atoms with Crippen LogP contribution in [0.4, 0.5) is 5.13 Å². The number of hydrogen-bond donors (Lipinski definition) is 1. The van der Waals surface area contributed by atoms with E-state index in [1.165, 1.54) is 17.1 Å². The van der Waals surface area contributed by atoms with Crippen molar-refractivity contribution >= 4 is 32.6 Å². The second-order valence-corrected chi connectivity index (χ2v) is 6.86. The molecule has 1 N–H and O–H groups in total. The van der Waals surface area contributed by atoms with Gasteiger partial charge in [-0.2, -0.15) is 4.37 Å². The fourth-order valence-electron chi connectivity index (χ4n) is 1.48. The van der Waals surface area contributed by atoms with Crippen molar-refractivity contribution in [2.75, 3.05) is 5.32 Å². The molecule has 0 unspecified atom stereocenters. The van der Waals surface area contributed by atoms with E-state index >= 15 is 0 Å². The number of hydrogen-bond acceptors (Lipinski definition) is 4. The van der Waals surface area contributed by atoms with Gasteiger partial charge in [-0.3, -0.25) is 0 Å². The molecule has 1 heterocycles. The number of nitrogens with zero attached hydrogens (tertiary/aromatic N) is 2. The SMILES string of the molecule is CC(C)(C)Nc1nc(Cc2ccc(Br)cc2)ns1. The molecule has 0 aliphatic rings. The van der Waals surface area contributed by atoms with Crippen molar-refractivity contribution in [1.82, 2.24) is 9.36 Å². The summed E-state index contributed by atoms with van der Waals surface area (Å²) in [7, 11) is 0. The van der Waals surface area contributed by atoms with Crippen LogP contribution in [-0.2, 0) is 6.42 Å². The van der Waals surface area contributed by atoms with Gasteiger partial charge in [-0.05, 0) is 38.5 Å². The van der Waals surface area contributed by atoms with Gasteiger partial charge < -0.3 is 5.32 Å². The van der Waals surface area contributed by atoms with Gasteiger partial charge >= 0.3 is 0 Å². The van der Waals surface area contributed by atoms with Gasteiger partial charge in [0.2, 0.25) is 5.13 Å². The first-order chi connectivity index (χ1) is 8.42. The Morgan fingerprint density at radius 2 is 1.89 bits per heavy atom. The Hall–Kier alpha value is -0.940. The van der Waals surface area contributed by atoms with Crippen LogP contribution in [0.2, 0.25) is 0 Å². The van der Waals surface area contributed by atoms with Crippen LogP contribution in [-0.4, -0.2) is 14.9 Å². The molecule has 18 heavy (non-hydrogen) atoms. The Labute approximate surface area is 120 Å². The van der Waals surface area contributed by atoms with Crippen LogP contribution in [0.5, 0.6) is 0 Å². The molecular weight excluding hydrogens is 310 g/mol. The number of nitrogens with one attached hydrogen (secondary N) is 1. The summed E-state index contributed by atoms with van der Waals surface area (Å²) in [6.07, 6.45) is 0.773. The molecule has 2 aromatic rings. The van der Waals surface area contributed by atoms with Crippen molar-refractivity contribution in [1.29, 1.82) is 0 Å². The molecular formula is C13H16BrN3S. The van der Waals surface area contributed by atoms with Crippen LogP contribution in [0.1, 0.15) is 32.2 Å². The van der Waals surface area contributed by atoms with Crippen LogP contribution in [0, 0.1) is 0 Å². The lowest BCUT2D eigenvalue weighted by Gasteiger charge is -2.18. The Bertz CT molecular complexity index is 514. The first-order valence-corrected chi connectivity index (χ1v) is 7.34. The molecule has 96 valence electrons. The standard InChI is InChI=1S/C13H16BrN3S/c1-13(2,3)16-12-15-11(17-18-12)8-9-4-6-10(14)7-5-9/h4-7H,8H2,1-3H3,(H,15,16,17). The molecule has 0 saturated heterocycles. The number of anilines is 1. The van der Waals surface area contributed by atoms with Crippen molar-refractivity contribution in [3.63, 3.8) is 0 Å². The lowest BCUT2D eigenvalue weighted by atomic mass is 10.1. The van der Waals surface area contributed by atoms with E-state index in [2.05, 4.69) is 63.5 Å². The van der Waals surface area contributed by atoms with Gasteiger partial charge in [-0.25, -0.2) is 4.98 Å². The minimum absolute atomic E-state index is 0.0222. The average molecular weight is 326 g/mol. The zero-order valence-electron chi connectivity index (χ0n) is 10.7. The first kappa shape index (κ1) is 13.5. The largest absolute Gasteiger partial charge is 0.356 e. The highest BCUT2D eigenvalue weighted by Crippen LogP contribution is 2.19. The number of aromatic nitrogens is 2. The summed E-state index contributed by atoms with van der Waals surface area (Å²) in [5, 5.41) is 4.22. The van der Waals surface area contributed by atoms with Gasteiger partial charge in [-0.1, -0.05) is 28.1 Å². The normalized spacial score (nSPS) is 11.6. The molecule has 0 aliphatic carbocycles. The van der Waals surface area contributed by atoms with Crippen molar-refractivity contribution in [2.45, 2.75) is 32.7 Å². The quantitative estimate of drug-likeness (QED) is 0.923. The molecule has 0 fully saturated rings. The van der Waals surface area contributed by atoms with E-state index in [0.717, 1.165) is 21.8 Å². The summed E-state index contributed by atoms with van der Waals surface area (Å²) in [6, 6.07) is 8.25. The Morgan fingerprint density at radius 1 is 1.22 bits per heavy atom. The highest BCUT2D eigenvalue weighted by atomic mass is 79.9. The average Bonchev–Trinajstić information content (AvgIpc) is 2.66. The van der Waals surface area contributed by atoms with Gasteiger partial charge in [-0.15, -0.1) is 0 Å². The smallest absolute Gasteiger partial charge is 0.202 e. The lowest BCUT2D eigenvalue weighted by molar-refractivity contribution is 0.633. The minimum Gasteiger partial charge on any atom is -0.356 e. The molecule has 5 heteroatoms. The monoisotopic (exact) mass is 325 g/mol. The maximum Gasteiger partial charge on any atom is 0.202 e. The zero-order valence-corrected chi connectivity index (χ0v) is 13.1. The number of halogens is 1. The van der Waals surface area contributed by atoms with E-state index in [4.69, 9.17) is 0 Å². The van der Waals surface area contributed by atoms with Crippen LogP contribution in [0.15, 0.2) is 28.7 Å². The molecule has 0 aliphatic heterocycles. The van der Waals surface area contributed by atoms with Gasteiger partial charge in [0.1, 0.15) is 5.82 Å². The van der Waals surface area contributed by atoms with E-state index < -0.39 is 0 Å². The molecule has 0 radical (unpaired) electrons. The van der Waals surface area contributed by atoms with Crippen molar-refractivity contribution in [3.8, 4) is 0 Å². The van der Waals surface area contributed by atoms with Crippen molar-refractivity contribution in [3.05, 3.63) is 40.1 Å². The fourth-order valence-corrected chi connectivity index (χ4v) is 2.54. The molecule has 2 rings (SSSR count). The molecule has 0 bridgehead atoms. The van der Waals surface area contributed by atoms with E-state index in [1.807, 2.05) is 12.1 Å². The van der Waals surface area contributed by atoms with E-state index in [-0.39, 0.29) is 5.54 Å². The molecule has 0 amide bonds. The first-order valence-electron chi connectivity index (χ1n) is 5.77. The minimum atomic E-state index is 0.0222. The second-order valence-electron chi connectivity index (χ2n) is 5.19. The maximum absolute atomic E-state index is 4.50. The summed E-state index contributed by atoms with van der Waals surface area (Å²) >= 11 is 4.85. The third kappa shape index (κ3) is 4.07. The fraction of sp³-hybridized carbons (Fsp3) is 0.385. The third-order valence-corrected chi connectivity index (χ3v) is 3.42. The number of benzene rings is 1. The van der Waals surface area contributed by atoms with Crippen molar-refractivity contribution in [2.24, 2.45) is 0 Å². The zero-order chi connectivity index (χ0) is 13.2. The molecule has 0 spiro atoms. The van der Waals surface area contributed by atoms with Crippen LogP contribution < -0.4 is 5.32 Å². The molecule has 0 atom stereocenters. The summed E-state index contributed by atoms with van der Waals surface area (Å²) in [4.78, 5) is 4.50. The van der Waals surface area contributed by atoms with Crippen molar-refractivity contribution < 1.29 is 0 Å². The predicted octanol–water partition coefficient (Wildman–Crippen LogP) is 4.10. The van der Waals surface area contributed by atoms with E-state index in [0.29, 0.717) is 0 Å². The van der Waals surface area contributed by atoms with E-state index in [1.54, 1.807) is 0 Å². The van der Waals surface area contributed by atoms with Gasteiger partial charge in [0, 0.05) is 28.0 Å². The highest BCUT2D eigenvalue weighted by Gasteiger charge is 2.13. The Balaban J connectivity index is 2.04. The molecule has 1 aromatic heterocycles. The number of rotatable bonds is 3. The van der Waals surface area contributed by atoms with Crippen LogP contribution in [0.25, 0.3) is 0 Å². The summed E-state index contributed by atoms with van der Waals surface area (Å²) in [5.74, 6) is 0.870. The Kier molecular flexibility index (Phi) is 4.02. The topological polar surface area (TPSA) is 37.8 Å². The van der Waals surface area contributed by atoms with E-state index in [9.17, 15) is 0 Å². The van der Waals surface area contributed by atoms with Gasteiger partial charge in [0.05, 0.1) is 0 Å². The van der Waals surface area contributed by atoms with Crippen LogP contribution in [0.3, 0.4) is 0 Å². The summed E-state index contributed by atoms with van der Waals surface area (Å²) in [6.45, 7) is 6.34. The molecule has 0 saturated carbocycles. The third-order valence-electron chi connectivity index (χ3n) is 2.23. The maximum atomic E-state index is 4.50. The second kappa shape index (κ2) is 5.36. The van der Waals surface area contributed by atoms with Gasteiger partial charge in [0.15, 0.2) is 0 Å². The molecule has 1 aromatic carbocycles. The Morgan fingerprint density at radius 3 is 2.50 bits per heavy atom. The highest BCUT2D eigenvalue weighted by molar-refractivity contribution is 9.10. The molecule has 3 nitrogen and oxygen atoms in total. The predicted molar refractivity (Wildman–Crippen MR) is 80.2 cm³/mol. The van der Waals surface area contributed by atoms with Crippen LogP contribution >= 0.6 is 27.5 Å². The van der Waals surface area contributed by atoms with Gasteiger partial charge in [0.25, 0.3) is 0 Å². The summed E-state index contributed by atoms with van der Waals surface area (Å²) < 4.78 is 5.46. The lowest BCUT2D eigenvalue weighted by Crippen LogP contribution is -2.25.